The first kappa shape index (κ1) is 17.9. The van der Waals surface area contributed by atoms with Crippen molar-refractivity contribution in [3.63, 3.8) is 0 Å². The van der Waals surface area contributed by atoms with Crippen molar-refractivity contribution in [3.8, 4) is 10.6 Å². The van der Waals surface area contributed by atoms with Crippen LogP contribution in [-0.2, 0) is 0 Å². The molecule has 0 saturated carbocycles. The average molecular weight is 387 g/mol. The largest absolute Gasteiger partial charge is 0.484 e. The molecule has 138 valence electrons. The van der Waals surface area contributed by atoms with Crippen LogP contribution < -0.4 is 4.74 Å². The molecule has 3 aromatic carbocycles. The standard InChI is InChI=1S/C22H18F3OS/c1-14-11-16(12-15(2)21(14)26-13-22(23,24)25)27-19-9-5-3-7-17(19)18-8-4-6-10-20(18)27/h3-12H,13H2,1-2H3/q+1. The fourth-order valence-electron chi connectivity index (χ4n) is 3.52. The van der Waals surface area contributed by atoms with E-state index in [4.69, 9.17) is 4.74 Å². The number of rotatable bonds is 3. The lowest BCUT2D eigenvalue weighted by Gasteiger charge is -2.13. The molecule has 0 fully saturated rings. The van der Waals surface area contributed by atoms with E-state index in [0.29, 0.717) is 5.75 Å². The molecule has 4 aromatic rings. The Morgan fingerprint density at radius 1 is 0.815 bits per heavy atom. The SMILES string of the molecule is Cc1cc(-[s+]2c3ccccc3c3ccccc32)cc(C)c1OCC(F)(F)F. The number of ether oxygens (including phenoxy) is 1. The Morgan fingerprint density at radius 2 is 1.30 bits per heavy atom. The first-order chi connectivity index (χ1) is 12.8. The van der Waals surface area contributed by atoms with Crippen molar-refractivity contribution in [1.82, 2.24) is 0 Å². The topological polar surface area (TPSA) is 9.23 Å². The molecule has 0 aliphatic rings. The van der Waals surface area contributed by atoms with Crippen molar-refractivity contribution in [1.29, 1.82) is 0 Å². The molecular weight excluding hydrogens is 369 g/mol. The van der Waals surface area contributed by atoms with Crippen LogP contribution in [0.4, 0.5) is 13.2 Å². The van der Waals surface area contributed by atoms with Gasteiger partial charge in [-0.05, 0) is 49.2 Å². The normalized spacial score (nSPS) is 12.0. The van der Waals surface area contributed by atoms with Crippen LogP contribution in [0, 0.1) is 13.8 Å². The van der Waals surface area contributed by atoms with Crippen LogP contribution in [0.2, 0.25) is 0 Å². The summed E-state index contributed by atoms with van der Waals surface area (Å²) in [7, 11) is -0.268. The molecule has 5 heteroatoms. The third-order valence-electron chi connectivity index (χ3n) is 4.55. The van der Waals surface area contributed by atoms with Gasteiger partial charge in [0.2, 0.25) is 0 Å². The fourth-order valence-corrected chi connectivity index (χ4v) is 6.08. The zero-order valence-electron chi connectivity index (χ0n) is 14.9. The van der Waals surface area contributed by atoms with Gasteiger partial charge in [-0.2, -0.15) is 13.2 Å². The Labute approximate surface area is 158 Å². The van der Waals surface area contributed by atoms with Crippen molar-refractivity contribution in [3.05, 3.63) is 71.8 Å². The van der Waals surface area contributed by atoms with Crippen LogP contribution in [0.3, 0.4) is 0 Å². The molecule has 0 radical (unpaired) electrons. The maximum atomic E-state index is 12.5. The van der Waals surface area contributed by atoms with E-state index < -0.39 is 12.8 Å². The van der Waals surface area contributed by atoms with Gasteiger partial charge in [-0.25, -0.2) is 0 Å². The molecule has 0 aliphatic carbocycles. The number of alkyl halides is 3. The van der Waals surface area contributed by atoms with Crippen LogP contribution in [-0.4, -0.2) is 12.8 Å². The van der Waals surface area contributed by atoms with Crippen molar-refractivity contribution in [2.24, 2.45) is 0 Å². The second-order valence-electron chi connectivity index (χ2n) is 6.59. The van der Waals surface area contributed by atoms with E-state index in [0.717, 1.165) is 16.0 Å². The van der Waals surface area contributed by atoms with Gasteiger partial charge in [0.25, 0.3) is 0 Å². The van der Waals surface area contributed by atoms with Crippen LogP contribution in [0.5, 0.6) is 5.75 Å². The minimum Gasteiger partial charge on any atom is -0.484 e. The lowest BCUT2D eigenvalue weighted by molar-refractivity contribution is -0.153. The van der Waals surface area contributed by atoms with Crippen LogP contribution >= 0.6 is 10.5 Å². The van der Waals surface area contributed by atoms with Crippen LogP contribution in [0.15, 0.2) is 60.7 Å². The molecule has 0 saturated heterocycles. The van der Waals surface area contributed by atoms with Gasteiger partial charge in [0.15, 0.2) is 20.9 Å². The first-order valence-corrected chi connectivity index (χ1v) is 9.81. The number of fused-ring (bicyclic) bond motifs is 3. The number of halogens is 3. The summed E-state index contributed by atoms with van der Waals surface area (Å²) in [4.78, 5) is 1.10. The van der Waals surface area contributed by atoms with E-state index in [1.807, 2.05) is 36.4 Å². The Hall–Kier alpha value is -2.53. The van der Waals surface area contributed by atoms with Crippen molar-refractivity contribution < 1.29 is 17.9 Å². The Bertz CT molecular complexity index is 1070. The predicted octanol–water partition coefficient (Wildman–Crippen LogP) is 7.29. The zero-order chi connectivity index (χ0) is 19.2. The smallest absolute Gasteiger partial charge is 0.422 e. The minimum absolute atomic E-state index is 0.268. The molecule has 0 unspecified atom stereocenters. The molecule has 1 heterocycles. The molecule has 1 aromatic heterocycles. The molecule has 0 spiro atoms. The average Bonchev–Trinajstić information content (AvgIpc) is 2.94. The molecule has 0 aliphatic heterocycles. The molecule has 0 bridgehead atoms. The quantitative estimate of drug-likeness (QED) is 0.335. The van der Waals surface area contributed by atoms with E-state index in [2.05, 4.69) is 24.3 Å². The summed E-state index contributed by atoms with van der Waals surface area (Å²) in [5.41, 5.74) is 1.45. The third-order valence-corrected chi connectivity index (χ3v) is 6.85. The number of thiophene rings is 1. The minimum atomic E-state index is -4.34. The number of hydrogen-bond donors (Lipinski definition) is 0. The first-order valence-electron chi connectivity index (χ1n) is 8.59. The van der Waals surface area contributed by atoms with Crippen molar-refractivity contribution in [2.75, 3.05) is 6.61 Å². The van der Waals surface area contributed by atoms with E-state index in [1.165, 1.54) is 20.2 Å². The van der Waals surface area contributed by atoms with E-state index in [1.54, 1.807) is 13.8 Å². The fraction of sp³-hybridized carbons (Fsp3) is 0.182. The lowest BCUT2D eigenvalue weighted by atomic mass is 10.1. The molecule has 27 heavy (non-hydrogen) atoms. The van der Waals surface area contributed by atoms with E-state index >= 15 is 0 Å². The molecule has 0 amide bonds. The summed E-state index contributed by atoms with van der Waals surface area (Å²) in [5, 5.41) is 2.45. The highest BCUT2D eigenvalue weighted by atomic mass is 32.2. The van der Waals surface area contributed by atoms with Gasteiger partial charge in [-0.1, -0.05) is 24.3 Å². The van der Waals surface area contributed by atoms with Gasteiger partial charge in [-0.15, -0.1) is 0 Å². The van der Waals surface area contributed by atoms with Gasteiger partial charge in [-0.3, -0.25) is 0 Å². The molecule has 0 atom stereocenters. The zero-order valence-corrected chi connectivity index (χ0v) is 15.7. The monoisotopic (exact) mass is 387 g/mol. The number of hydrogen-bond acceptors (Lipinski definition) is 1. The molecule has 1 nitrogen and oxygen atoms in total. The van der Waals surface area contributed by atoms with Crippen molar-refractivity contribution in [2.45, 2.75) is 20.0 Å². The molecule has 4 rings (SSSR count). The summed E-state index contributed by atoms with van der Waals surface area (Å²) in [6, 6.07) is 20.6. The van der Waals surface area contributed by atoms with Crippen LogP contribution in [0.1, 0.15) is 11.1 Å². The third kappa shape index (κ3) is 3.28. The highest BCUT2D eigenvalue weighted by Crippen LogP contribution is 2.49. The van der Waals surface area contributed by atoms with Gasteiger partial charge < -0.3 is 4.74 Å². The summed E-state index contributed by atoms with van der Waals surface area (Å²) in [6.45, 7) is 2.34. The summed E-state index contributed by atoms with van der Waals surface area (Å²) < 4.78 is 45.2. The van der Waals surface area contributed by atoms with Gasteiger partial charge in [0.1, 0.15) is 5.75 Å². The Morgan fingerprint density at radius 3 is 1.78 bits per heavy atom. The lowest BCUT2D eigenvalue weighted by Crippen LogP contribution is -2.20. The van der Waals surface area contributed by atoms with E-state index in [9.17, 15) is 13.2 Å². The van der Waals surface area contributed by atoms with Gasteiger partial charge in [0, 0.05) is 33.4 Å². The number of benzene rings is 3. The maximum absolute atomic E-state index is 12.5. The summed E-state index contributed by atoms with van der Waals surface area (Å²) in [6.07, 6.45) is -4.34. The van der Waals surface area contributed by atoms with Gasteiger partial charge in [0.05, 0.1) is 0 Å². The Kier molecular flexibility index (Phi) is 4.35. The van der Waals surface area contributed by atoms with E-state index in [-0.39, 0.29) is 10.5 Å². The van der Waals surface area contributed by atoms with Gasteiger partial charge >= 0.3 is 6.18 Å². The van der Waals surface area contributed by atoms with Crippen LogP contribution in [0.25, 0.3) is 25.1 Å². The molecular formula is C22H18F3OS+. The van der Waals surface area contributed by atoms with Crippen molar-refractivity contribution >= 4 is 30.6 Å². The highest BCUT2D eigenvalue weighted by molar-refractivity contribution is 7.50. The molecule has 0 N–H and O–H groups in total. The number of aryl methyl sites for hydroxylation is 2. The summed E-state index contributed by atoms with van der Waals surface area (Å²) in [5.74, 6) is 0.320. The maximum Gasteiger partial charge on any atom is 0.422 e. The Balaban J connectivity index is 1.89. The second-order valence-corrected chi connectivity index (χ2v) is 8.55. The predicted molar refractivity (Wildman–Crippen MR) is 106 cm³/mol. The highest BCUT2D eigenvalue weighted by Gasteiger charge is 2.30. The summed E-state index contributed by atoms with van der Waals surface area (Å²) >= 11 is 0. The second kappa shape index (κ2) is 6.57.